The number of carbonyl (C=O) groups is 4. The molecule has 10 heteroatoms. The maximum Gasteiger partial charge on any atom is 0.325 e. The first-order chi connectivity index (χ1) is 12.7. The number of urea groups is 1. The van der Waals surface area contributed by atoms with E-state index in [1.54, 1.807) is 36.6 Å². The maximum atomic E-state index is 12.8. The van der Waals surface area contributed by atoms with Gasteiger partial charge in [-0.25, -0.2) is 4.79 Å². The van der Waals surface area contributed by atoms with Crippen LogP contribution in [0.25, 0.3) is 0 Å². The van der Waals surface area contributed by atoms with E-state index in [-0.39, 0.29) is 10.6 Å². The predicted octanol–water partition coefficient (Wildman–Crippen LogP) is 2.02. The van der Waals surface area contributed by atoms with Gasteiger partial charge >= 0.3 is 6.03 Å². The molecule has 0 aliphatic carbocycles. The van der Waals surface area contributed by atoms with Crippen molar-refractivity contribution in [2.75, 3.05) is 11.9 Å². The second kappa shape index (κ2) is 7.12. The number of hydrogen-bond donors (Lipinski definition) is 3. The van der Waals surface area contributed by atoms with Gasteiger partial charge in [-0.3, -0.25) is 19.3 Å². The lowest BCUT2D eigenvalue weighted by molar-refractivity contribution is -0.133. The molecule has 1 aromatic carbocycles. The summed E-state index contributed by atoms with van der Waals surface area (Å²) in [5.74, 6) is -1.83. The fourth-order valence-electron chi connectivity index (χ4n) is 2.75. The van der Waals surface area contributed by atoms with Crippen molar-refractivity contribution in [2.45, 2.75) is 12.5 Å². The second-order valence-electron chi connectivity index (χ2n) is 6.03. The summed E-state index contributed by atoms with van der Waals surface area (Å²) >= 11 is 4.46. The second-order valence-corrected chi connectivity index (χ2v) is 7.86. The molecule has 0 spiro atoms. The number of nitrogens with two attached hydrogens (primary N) is 1. The molecule has 2 heterocycles. The molecule has 0 radical (unpaired) electrons. The van der Waals surface area contributed by atoms with Crippen LogP contribution in [0.4, 0.5) is 9.80 Å². The minimum absolute atomic E-state index is 0.171. The van der Waals surface area contributed by atoms with Gasteiger partial charge in [0.2, 0.25) is 5.91 Å². The van der Waals surface area contributed by atoms with E-state index < -0.39 is 35.8 Å². The first-order valence-electron chi connectivity index (χ1n) is 7.79. The zero-order valence-electron chi connectivity index (χ0n) is 14.1. The van der Waals surface area contributed by atoms with Crippen molar-refractivity contribution in [1.82, 2.24) is 10.2 Å². The number of nitrogens with zero attached hydrogens (tertiary/aromatic N) is 1. The Morgan fingerprint density at radius 2 is 2.07 bits per heavy atom. The Kier molecular flexibility index (Phi) is 5.03. The molecule has 3 rings (SSSR count). The first kappa shape index (κ1) is 19.1. The highest BCUT2D eigenvalue weighted by Crippen LogP contribution is 2.30. The molecule has 1 aromatic heterocycles. The van der Waals surface area contributed by atoms with Gasteiger partial charge in [0.25, 0.3) is 11.8 Å². The van der Waals surface area contributed by atoms with Gasteiger partial charge in [0.05, 0.1) is 5.56 Å². The lowest BCUT2D eigenvalue weighted by Crippen LogP contribution is -2.42. The molecule has 1 aliphatic rings. The fourth-order valence-corrected chi connectivity index (χ4v) is 3.95. The molecule has 5 amide bonds. The topological polar surface area (TPSA) is 122 Å². The summed E-state index contributed by atoms with van der Waals surface area (Å²) in [5.41, 5.74) is 4.72. The quantitative estimate of drug-likeness (QED) is 0.602. The Morgan fingerprint density at radius 3 is 2.74 bits per heavy atom. The smallest absolute Gasteiger partial charge is 0.325 e. The van der Waals surface area contributed by atoms with Crippen molar-refractivity contribution in [2.24, 2.45) is 5.73 Å². The van der Waals surface area contributed by atoms with Crippen molar-refractivity contribution in [1.29, 1.82) is 0 Å². The average Bonchev–Trinajstić information content (AvgIpc) is 3.14. The Balaban J connectivity index is 1.76. The maximum absolute atomic E-state index is 12.8. The van der Waals surface area contributed by atoms with E-state index in [0.717, 1.165) is 20.7 Å². The van der Waals surface area contributed by atoms with Crippen LogP contribution < -0.4 is 16.4 Å². The van der Waals surface area contributed by atoms with Gasteiger partial charge in [0, 0.05) is 4.47 Å². The normalized spacial score (nSPS) is 19.1. The number of halogens is 1. The number of nitrogens with one attached hydrogen (secondary N) is 2. The van der Waals surface area contributed by atoms with Crippen molar-refractivity contribution in [3.63, 3.8) is 0 Å². The van der Waals surface area contributed by atoms with E-state index in [0.29, 0.717) is 5.56 Å². The number of imide groups is 1. The predicted molar refractivity (Wildman–Crippen MR) is 103 cm³/mol. The van der Waals surface area contributed by atoms with Gasteiger partial charge in [0.1, 0.15) is 17.1 Å². The Morgan fingerprint density at radius 1 is 1.33 bits per heavy atom. The van der Waals surface area contributed by atoms with Gasteiger partial charge in [-0.15, -0.1) is 11.3 Å². The van der Waals surface area contributed by atoms with E-state index in [9.17, 15) is 19.2 Å². The van der Waals surface area contributed by atoms with Gasteiger partial charge in [-0.05, 0) is 36.1 Å². The highest BCUT2D eigenvalue weighted by molar-refractivity contribution is 9.10. The number of carbonyl (C=O) groups excluding carboxylic acids is 4. The van der Waals surface area contributed by atoms with E-state index in [1.807, 2.05) is 0 Å². The largest absolute Gasteiger partial charge is 0.366 e. The molecule has 1 atom stereocenters. The van der Waals surface area contributed by atoms with Crippen molar-refractivity contribution < 1.29 is 19.2 Å². The molecule has 1 fully saturated rings. The third kappa shape index (κ3) is 3.58. The van der Waals surface area contributed by atoms with Crippen molar-refractivity contribution in [3.05, 3.63) is 51.3 Å². The van der Waals surface area contributed by atoms with Crippen LogP contribution in [0.1, 0.15) is 22.8 Å². The summed E-state index contributed by atoms with van der Waals surface area (Å²) in [6.07, 6.45) is 0. The molecule has 0 saturated carbocycles. The molecule has 27 heavy (non-hydrogen) atoms. The third-order valence-corrected chi connectivity index (χ3v) is 5.49. The van der Waals surface area contributed by atoms with Crippen LogP contribution in [0.15, 0.2) is 40.2 Å². The highest BCUT2D eigenvalue weighted by atomic mass is 79.9. The van der Waals surface area contributed by atoms with Gasteiger partial charge in [-0.1, -0.05) is 28.1 Å². The van der Waals surface area contributed by atoms with Crippen LogP contribution in [-0.4, -0.2) is 35.2 Å². The van der Waals surface area contributed by atoms with Gasteiger partial charge in [0.15, 0.2) is 0 Å². The molecule has 1 saturated heterocycles. The number of thiophene rings is 1. The van der Waals surface area contributed by atoms with Crippen LogP contribution in [0.3, 0.4) is 0 Å². The van der Waals surface area contributed by atoms with E-state index in [1.165, 1.54) is 6.07 Å². The van der Waals surface area contributed by atoms with E-state index in [4.69, 9.17) is 5.73 Å². The van der Waals surface area contributed by atoms with Crippen LogP contribution in [0.2, 0.25) is 0 Å². The summed E-state index contributed by atoms with van der Waals surface area (Å²) in [5, 5.41) is 7.02. The Hall–Kier alpha value is -2.72. The number of anilines is 1. The molecule has 8 nitrogen and oxygen atoms in total. The average molecular weight is 451 g/mol. The van der Waals surface area contributed by atoms with E-state index >= 15 is 0 Å². The van der Waals surface area contributed by atoms with Crippen molar-refractivity contribution >= 4 is 56.0 Å². The molecule has 2 aromatic rings. The number of amides is 5. The van der Waals surface area contributed by atoms with Crippen molar-refractivity contribution in [3.8, 4) is 0 Å². The van der Waals surface area contributed by atoms with Gasteiger partial charge in [-0.2, -0.15) is 0 Å². The third-order valence-electron chi connectivity index (χ3n) is 4.16. The minimum atomic E-state index is -1.28. The summed E-state index contributed by atoms with van der Waals surface area (Å²) in [6, 6.07) is 7.82. The Bertz CT molecular complexity index is 960. The summed E-state index contributed by atoms with van der Waals surface area (Å²) in [4.78, 5) is 49.6. The Labute approximate surface area is 166 Å². The molecule has 140 valence electrons. The lowest BCUT2D eigenvalue weighted by atomic mass is 9.92. The fraction of sp³-hybridized carbons (Fsp3) is 0.176. The van der Waals surface area contributed by atoms with Crippen LogP contribution in [0.5, 0.6) is 0 Å². The molecule has 0 unspecified atom stereocenters. The molecule has 1 aliphatic heterocycles. The molecule has 4 N–H and O–H groups in total. The summed E-state index contributed by atoms with van der Waals surface area (Å²) < 4.78 is 0.760. The number of rotatable bonds is 5. The standard InChI is InChI=1S/C17H15BrN4O4S/c1-17(9-3-2-4-10(18)7-9)15(25)22(16(26)21-17)8-12(23)20-14-11(13(19)24)5-6-27-14/h2-7H,8H2,1H3,(H2,19,24)(H,20,23)(H,21,26)/t17-/m1/s1. The van der Waals surface area contributed by atoms with Gasteiger partial charge < -0.3 is 16.4 Å². The zero-order chi connectivity index (χ0) is 19.8. The summed E-state index contributed by atoms with van der Waals surface area (Å²) in [7, 11) is 0. The van der Waals surface area contributed by atoms with Crippen LogP contribution in [-0.2, 0) is 15.1 Å². The molecular weight excluding hydrogens is 436 g/mol. The minimum Gasteiger partial charge on any atom is -0.366 e. The SMILES string of the molecule is C[C@]1(c2cccc(Br)c2)NC(=O)N(CC(=O)Nc2sccc2C(N)=O)C1=O. The molecule has 0 bridgehead atoms. The molecular formula is C17H15BrN4O4S. The first-order valence-corrected chi connectivity index (χ1v) is 9.47. The number of primary amides is 1. The lowest BCUT2D eigenvalue weighted by Gasteiger charge is -2.22. The highest BCUT2D eigenvalue weighted by Gasteiger charge is 2.49. The monoisotopic (exact) mass is 450 g/mol. The number of hydrogen-bond acceptors (Lipinski definition) is 5. The van der Waals surface area contributed by atoms with Crippen LogP contribution in [0, 0.1) is 0 Å². The van der Waals surface area contributed by atoms with E-state index in [2.05, 4.69) is 26.6 Å². The zero-order valence-corrected chi connectivity index (χ0v) is 16.5. The van der Waals surface area contributed by atoms with Crippen LogP contribution >= 0.6 is 27.3 Å². The number of benzene rings is 1. The summed E-state index contributed by atoms with van der Waals surface area (Å²) in [6.45, 7) is 1.10.